The van der Waals surface area contributed by atoms with Crippen LogP contribution in [0.4, 0.5) is 0 Å². The quantitative estimate of drug-likeness (QED) is 0.888. The van der Waals surface area contributed by atoms with E-state index in [0.717, 1.165) is 38.9 Å². The second kappa shape index (κ2) is 8.26. The van der Waals surface area contributed by atoms with Crippen LogP contribution < -0.4 is 5.32 Å². The van der Waals surface area contributed by atoms with Crippen molar-refractivity contribution in [3.05, 3.63) is 41.5 Å². The first-order valence-electron chi connectivity index (χ1n) is 9.88. The Labute approximate surface area is 162 Å². The zero-order valence-corrected chi connectivity index (χ0v) is 16.7. The van der Waals surface area contributed by atoms with Gasteiger partial charge in [0.2, 0.25) is 11.8 Å². The van der Waals surface area contributed by atoms with E-state index in [4.69, 9.17) is 0 Å². The van der Waals surface area contributed by atoms with E-state index in [2.05, 4.69) is 47.5 Å². The maximum absolute atomic E-state index is 12.2. The molecular formula is C22H31N3O2. The minimum Gasteiger partial charge on any atom is -0.352 e. The summed E-state index contributed by atoms with van der Waals surface area (Å²) in [7, 11) is 0. The molecule has 0 radical (unpaired) electrons. The van der Waals surface area contributed by atoms with Gasteiger partial charge in [-0.1, -0.05) is 42.0 Å². The standard InChI is InChI=1S/C22H31N3O2/c1-17(13-20-7-5-4-6-8-20)15-24-11-9-22(10-12-24)14-21(23-18(2)26)16-25(22)19(3)27/h4-8,13,21H,9-12,14-16H2,1-3H3,(H,23,26). The van der Waals surface area contributed by atoms with E-state index in [-0.39, 0.29) is 23.4 Å². The lowest BCUT2D eigenvalue weighted by atomic mass is 9.84. The molecule has 27 heavy (non-hydrogen) atoms. The number of likely N-dealkylation sites (tertiary alicyclic amines) is 2. The Morgan fingerprint density at radius 3 is 2.41 bits per heavy atom. The van der Waals surface area contributed by atoms with Crippen LogP contribution in [-0.4, -0.2) is 59.4 Å². The summed E-state index contributed by atoms with van der Waals surface area (Å²) in [6, 6.07) is 10.5. The van der Waals surface area contributed by atoms with Crippen molar-refractivity contribution >= 4 is 17.9 Å². The number of hydrogen-bond acceptors (Lipinski definition) is 3. The minimum atomic E-state index is -0.0908. The Morgan fingerprint density at radius 1 is 1.15 bits per heavy atom. The molecule has 1 aromatic rings. The summed E-state index contributed by atoms with van der Waals surface area (Å²) in [5, 5.41) is 3.01. The van der Waals surface area contributed by atoms with Crippen molar-refractivity contribution in [2.45, 2.75) is 51.6 Å². The van der Waals surface area contributed by atoms with E-state index in [1.807, 2.05) is 11.0 Å². The highest BCUT2D eigenvalue weighted by Crippen LogP contribution is 2.38. The monoisotopic (exact) mass is 369 g/mol. The molecule has 2 aliphatic heterocycles. The molecule has 0 saturated carbocycles. The summed E-state index contributed by atoms with van der Waals surface area (Å²) in [5.74, 6) is 0.108. The molecule has 3 rings (SSSR count). The molecule has 2 amide bonds. The van der Waals surface area contributed by atoms with Crippen molar-refractivity contribution in [1.29, 1.82) is 0 Å². The number of carbonyl (C=O) groups is 2. The molecule has 2 saturated heterocycles. The first-order chi connectivity index (χ1) is 12.9. The molecule has 146 valence electrons. The second-order valence-electron chi connectivity index (χ2n) is 8.13. The van der Waals surface area contributed by atoms with E-state index in [0.29, 0.717) is 6.54 Å². The zero-order valence-electron chi connectivity index (χ0n) is 16.7. The molecule has 5 heteroatoms. The van der Waals surface area contributed by atoms with Crippen molar-refractivity contribution < 1.29 is 9.59 Å². The third-order valence-corrected chi connectivity index (χ3v) is 5.86. The predicted octanol–water partition coefficient (Wildman–Crippen LogP) is 2.68. The maximum atomic E-state index is 12.2. The van der Waals surface area contributed by atoms with Gasteiger partial charge in [-0.25, -0.2) is 0 Å². The van der Waals surface area contributed by atoms with Crippen LogP contribution in [0.25, 0.3) is 6.08 Å². The number of nitrogens with zero attached hydrogens (tertiary/aromatic N) is 2. The third kappa shape index (κ3) is 4.78. The van der Waals surface area contributed by atoms with Crippen LogP contribution in [0.1, 0.15) is 45.6 Å². The van der Waals surface area contributed by atoms with Gasteiger partial charge in [-0.2, -0.15) is 0 Å². The Morgan fingerprint density at radius 2 is 1.81 bits per heavy atom. The lowest BCUT2D eigenvalue weighted by Gasteiger charge is -2.44. The average Bonchev–Trinajstić information content (AvgIpc) is 2.95. The van der Waals surface area contributed by atoms with Gasteiger partial charge in [0, 0.05) is 51.6 Å². The maximum Gasteiger partial charge on any atom is 0.219 e. The zero-order chi connectivity index (χ0) is 19.4. The Bertz CT molecular complexity index is 706. The Balaban J connectivity index is 1.60. The van der Waals surface area contributed by atoms with E-state index in [1.54, 1.807) is 13.8 Å². The Kier molecular flexibility index (Phi) is 6.00. The molecule has 5 nitrogen and oxygen atoms in total. The van der Waals surface area contributed by atoms with Gasteiger partial charge in [0.1, 0.15) is 0 Å². The van der Waals surface area contributed by atoms with Crippen LogP contribution in [0.2, 0.25) is 0 Å². The molecule has 0 aromatic heterocycles. The Hall–Kier alpha value is -2.14. The second-order valence-corrected chi connectivity index (χ2v) is 8.13. The van der Waals surface area contributed by atoms with Crippen molar-refractivity contribution in [2.75, 3.05) is 26.2 Å². The topological polar surface area (TPSA) is 52.7 Å². The van der Waals surface area contributed by atoms with Gasteiger partial charge in [0.15, 0.2) is 0 Å². The number of carbonyl (C=O) groups excluding carboxylic acids is 2. The molecule has 1 aromatic carbocycles. The minimum absolute atomic E-state index is 0.0142. The smallest absolute Gasteiger partial charge is 0.219 e. The van der Waals surface area contributed by atoms with Gasteiger partial charge in [-0.05, 0) is 31.7 Å². The molecule has 2 heterocycles. The number of piperidine rings is 1. The fraction of sp³-hybridized carbons (Fsp3) is 0.545. The summed E-state index contributed by atoms with van der Waals surface area (Å²) >= 11 is 0. The van der Waals surface area contributed by atoms with E-state index in [1.165, 1.54) is 11.1 Å². The lowest BCUT2D eigenvalue weighted by Crippen LogP contribution is -2.53. The molecule has 1 N–H and O–H groups in total. The van der Waals surface area contributed by atoms with Gasteiger partial charge in [0.25, 0.3) is 0 Å². The number of hydrogen-bond donors (Lipinski definition) is 1. The summed E-state index contributed by atoms with van der Waals surface area (Å²) in [6.07, 6.45) is 5.07. The molecule has 2 fully saturated rings. The lowest BCUT2D eigenvalue weighted by molar-refractivity contribution is -0.134. The van der Waals surface area contributed by atoms with Crippen molar-refractivity contribution in [3.8, 4) is 0 Å². The normalized spacial score (nSPS) is 22.9. The van der Waals surface area contributed by atoms with Crippen molar-refractivity contribution in [1.82, 2.24) is 15.1 Å². The van der Waals surface area contributed by atoms with E-state index in [9.17, 15) is 9.59 Å². The fourth-order valence-electron chi connectivity index (χ4n) is 4.73. The molecule has 0 aliphatic carbocycles. The number of amides is 2. The first-order valence-corrected chi connectivity index (χ1v) is 9.88. The van der Waals surface area contributed by atoms with Crippen LogP contribution in [0.3, 0.4) is 0 Å². The van der Waals surface area contributed by atoms with Crippen LogP contribution in [0.15, 0.2) is 35.9 Å². The van der Waals surface area contributed by atoms with Crippen LogP contribution in [0.5, 0.6) is 0 Å². The highest BCUT2D eigenvalue weighted by Gasteiger charge is 2.48. The highest BCUT2D eigenvalue weighted by atomic mass is 16.2. The molecule has 2 aliphatic rings. The number of nitrogens with one attached hydrogen (secondary N) is 1. The van der Waals surface area contributed by atoms with Gasteiger partial charge in [-0.15, -0.1) is 0 Å². The van der Waals surface area contributed by atoms with Crippen molar-refractivity contribution in [3.63, 3.8) is 0 Å². The van der Waals surface area contributed by atoms with Gasteiger partial charge in [0.05, 0.1) is 0 Å². The first kappa shape index (κ1) is 19.6. The summed E-state index contributed by atoms with van der Waals surface area (Å²) < 4.78 is 0. The van der Waals surface area contributed by atoms with Gasteiger partial charge >= 0.3 is 0 Å². The van der Waals surface area contributed by atoms with Crippen molar-refractivity contribution in [2.24, 2.45) is 0 Å². The van der Waals surface area contributed by atoms with Crippen LogP contribution in [0, 0.1) is 0 Å². The third-order valence-electron chi connectivity index (χ3n) is 5.86. The van der Waals surface area contributed by atoms with E-state index < -0.39 is 0 Å². The average molecular weight is 370 g/mol. The SMILES string of the molecule is CC(=O)NC1CN(C(C)=O)C2(CCN(CC(C)=Cc3ccccc3)CC2)C1. The summed E-state index contributed by atoms with van der Waals surface area (Å²) in [5.41, 5.74) is 2.50. The number of rotatable bonds is 4. The highest BCUT2D eigenvalue weighted by molar-refractivity contribution is 5.76. The molecule has 0 bridgehead atoms. The molecular weight excluding hydrogens is 338 g/mol. The molecule has 1 spiro atoms. The van der Waals surface area contributed by atoms with E-state index >= 15 is 0 Å². The van der Waals surface area contributed by atoms with Crippen LogP contribution in [-0.2, 0) is 9.59 Å². The molecule has 1 unspecified atom stereocenters. The predicted molar refractivity (Wildman–Crippen MR) is 108 cm³/mol. The van der Waals surface area contributed by atoms with Gasteiger partial charge in [-0.3, -0.25) is 14.5 Å². The number of benzene rings is 1. The largest absolute Gasteiger partial charge is 0.352 e. The van der Waals surface area contributed by atoms with Crippen LogP contribution >= 0.6 is 0 Å². The summed E-state index contributed by atoms with van der Waals surface area (Å²) in [6.45, 7) is 8.95. The fourth-order valence-corrected chi connectivity index (χ4v) is 4.73. The van der Waals surface area contributed by atoms with Gasteiger partial charge < -0.3 is 10.2 Å². The summed E-state index contributed by atoms with van der Waals surface area (Å²) in [4.78, 5) is 28.1. The molecule has 1 atom stereocenters.